The van der Waals surface area contributed by atoms with Crippen molar-refractivity contribution in [1.29, 1.82) is 0 Å². The first kappa shape index (κ1) is 8.30. The van der Waals surface area contributed by atoms with Gasteiger partial charge in [-0.2, -0.15) is 8.75 Å². The molecule has 2 heterocycles. The molecule has 0 amide bonds. The fraction of sp³-hybridized carbons (Fsp3) is 0. The second-order valence-corrected chi connectivity index (χ2v) is 3.46. The maximum Gasteiger partial charge on any atom is 0.276 e. The molecule has 0 radical (unpaired) electrons. The molecule has 0 saturated heterocycles. The fourth-order valence-electron chi connectivity index (χ4n) is 1.35. The Hall–Kier alpha value is -2.02. The van der Waals surface area contributed by atoms with Gasteiger partial charge in [0.2, 0.25) is 0 Å². The number of nitrogens with zero attached hydrogens (tertiary/aromatic N) is 4. The molecule has 0 unspecified atom stereocenters. The SMILES string of the molecule is Oc1nc2ccc3nsnc3c2nc1O. The van der Waals surface area contributed by atoms with E-state index in [2.05, 4.69) is 18.7 Å². The highest BCUT2D eigenvalue weighted by atomic mass is 32.1. The van der Waals surface area contributed by atoms with Crippen LogP contribution in [0, 0.1) is 0 Å². The van der Waals surface area contributed by atoms with Crippen molar-refractivity contribution in [3.8, 4) is 11.8 Å². The van der Waals surface area contributed by atoms with E-state index in [9.17, 15) is 10.2 Å². The summed E-state index contributed by atoms with van der Waals surface area (Å²) in [5.41, 5.74) is 2.20. The van der Waals surface area contributed by atoms with Crippen LogP contribution in [0.25, 0.3) is 22.1 Å². The summed E-state index contributed by atoms with van der Waals surface area (Å²) in [5.74, 6) is -0.979. The van der Waals surface area contributed by atoms with Crippen LogP contribution in [0.15, 0.2) is 12.1 Å². The van der Waals surface area contributed by atoms with E-state index in [-0.39, 0.29) is 0 Å². The highest BCUT2D eigenvalue weighted by Crippen LogP contribution is 2.26. The summed E-state index contributed by atoms with van der Waals surface area (Å²) >= 11 is 1.07. The minimum Gasteiger partial charge on any atom is -0.489 e. The standard InChI is InChI=1S/C8H4N4O2S/c13-7-8(14)10-5-3(9-7)1-2-4-6(5)12-15-11-4/h1-2H,(H,9,13)(H,10,14). The summed E-state index contributed by atoms with van der Waals surface area (Å²) < 4.78 is 8.09. The summed E-state index contributed by atoms with van der Waals surface area (Å²) in [7, 11) is 0. The Morgan fingerprint density at radius 2 is 1.60 bits per heavy atom. The zero-order valence-electron chi connectivity index (χ0n) is 7.25. The minimum atomic E-state index is -0.497. The molecule has 74 valence electrons. The van der Waals surface area contributed by atoms with Crippen LogP contribution in [0.4, 0.5) is 0 Å². The molecule has 6 nitrogen and oxygen atoms in total. The van der Waals surface area contributed by atoms with Crippen LogP contribution in [0.2, 0.25) is 0 Å². The van der Waals surface area contributed by atoms with E-state index in [0.717, 1.165) is 11.7 Å². The molecule has 0 saturated carbocycles. The van der Waals surface area contributed by atoms with Gasteiger partial charge in [-0.3, -0.25) is 0 Å². The average Bonchev–Trinajstić information content (AvgIpc) is 2.68. The second-order valence-electron chi connectivity index (χ2n) is 2.94. The van der Waals surface area contributed by atoms with E-state index >= 15 is 0 Å². The van der Waals surface area contributed by atoms with Crippen molar-refractivity contribution in [1.82, 2.24) is 18.7 Å². The van der Waals surface area contributed by atoms with Crippen molar-refractivity contribution in [2.45, 2.75) is 0 Å². The Bertz CT molecular complexity index is 666. The maximum absolute atomic E-state index is 9.25. The molecule has 0 spiro atoms. The van der Waals surface area contributed by atoms with Crippen molar-refractivity contribution in [2.75, 3.05) is 0 Å². The second kappa shape index (κ2) is 2.74. The molecule has 3 aromatic rings. The zero-order valence-corrected chi connectivity index (χ0v) is 8.06. The van der Waals surface area contributed by atoms with Gasteiger partial charge in [0.15, 0.2) is 0 Å². The number of benzene rings is 1. The first-order chi connectivity index (χ1) is 7.25. The van der Waals surface area contributed by atoms with Crippen molar-refractivity contribution in [3.63, 3.8) is 0 Å². The lowest BCUT2D eigenvalue weighted by molar-refractivity contribution is 0.378. The third-order valence-electron chi connectivity index (χ3n) is 2.02. The van der Waals surface area contributed by atoms with E-state index in [0.29, 0.717) is 22.1 Å². The van der Waals surface area contributed by atoms with Crippen LogP contribution in [0.5, 0.6) is 11.8 Å². The summed E-state index contributed by atoms with van der Waals surface area (Å²) in [6, 6.07) is 3.41. The van der Waals surface area contributed by atoms with Gasteiger partial charge in [0.05, 0.1) is 17.2 Å². The highest BCUT2D eigenvalue weighted by molar-refractivity contribution is 7.00. The molecule has 0 bridgehead atoms. The van der Waals surface area contributed by atoms with Gasteiger partial charge < -0.3 is 10.2 Å². The smallest absolute Gasteiger partial charge is 0.276 e. The molecular weight excluding hydrogens is 216 g/mol. The first-order valence-electron chi connectivity index (χ1n) is 4.06. The quantitative estimate of drug-likeness (QED) is 0.588. The summed E-state index contributed by atoms with van der Waals surface area (Å²) in [6.45, 7) is 0. The lowest BCUT2D eigenvalue weighted by Crippen LogP contribution is -1.86. The Morgan fingerprint density at radius 3 is 2.47 bits per heavy atom. The summed E-state index contributed by atoms with van der Waals surface area (Å²) in [5, 5.41) is 18.4. The maximum atomic E-state index is 9.25. The van der Waals surface area contributed by atoms with Gasteiger partial charge in [-0.1, -0.05) is 0 Å². The van der Waals surface area contributed by atoms with Gasteiger partial charge in [0, 0.05) is 0 Å². The van der Waals surface area contributed by atoms with E-state index < -0.39 is 11.8 Å². The molecule has 1 aromatic carbocycles. The van der Waals surface area contributed by atoms with Crippen LogP contribution in [0.1, 0.15) is 0 Å². The van der Waals surface area contributed by atoms with Gasteiger partial charge in [-0.25, -0.2) is 9.97 Å². The summed E-state index contributed by atoms with van der Waals surface area (Å²) in [4.78, 5) is 7.61. The van der Waals surface area contributed by atoms with Gasteiger partial charge in [0.1, 0.15) is 16.6 Å². The lowest BCUT2D eigenvalue weighted by Gasteiger charge is -1.99. The van der Waals surface area contributed by atoms with Crippen molar-refractivity contribution in [3.05, 3.63) is 12.1 Å². The summed E-state index contributed by atoms with van der Waals surface area (Å²) in [6.07, 6.45) is 0. The molecule has 0 aliphatic carbocycles. The van der Waals surface area contributed by atoms with Crippen LogP contribution in [-0.2, 0) is 0 Å². The van der Waals surface area contributed by atoms with Crippen LogP contribution in [0.3, 0.4) is 0 Å². The van der Waals surface area contributed by atoms with Crippen molar-refractivity contribution in [2.24, 2.45) is 0 Å². The zero-order chi connectivity index (χ0) is 10.4. The van der Waals surface area contributed by atoms with Crippen molar-refractivity contribution < 1.29 is 10.2 Å². The minimum absolute atomic E-state index is 0.441. The van der Waals surface area contributed by atoms with E-state index in [1.54, 1.807) is 12.1 Å². The molecule has 0 aliphatic heterocycles. The van der Waals surface area contributed by atoms with Crippen LogP contribution >= 0.6 is 11.7 Å². The fourth-order valence-corrected chi connectivity index (χ4v) is 1.89. The molecule has 0 fully saturated rings. The predicted octanol–water partition coefficient (Wildman–Crippen LogP) is 1.05. The number of aromatic nitrogens is 4. The first-order valence-corrected chi connectivity index (χ1v) is 4.79. The molecular formula is C8H4N4O2S. The van der Waals surface area contributed by atoms with Crippen LogP contribution in [-0.4, -0.2) is 28.9 Å². The molecule has 0 aliphatic rings. The van der Waals surface area contributed by atoms with Gasteiger partial charge in [0.25, 0.3) is 11.8 Å². The Balaban J connectivity index is 2.57. The third-order valence-corrected chi connectivity index (χ3v) is 2.57. The number of hydrogen-bond donors (Lipinski definition) is 2. The van der Waals surface area contributed by atoms with E-state index in [1.807, 2.05) is 0 Å². The molecule has 2 N–H and O–H groups in total. The topological polar surface area (TPSA) is 92.0 Å². The Labute approximate surface area is 87.2 Å². The highest BCUT2D eigenvalue weighted by Gasteiger charge is 2.10. The van der Waals surface area contributed by atoms with Crippen LogP contribution < -0.4 is 0 Å². The van der Waals surface area contributed by atoms with Gasteiger partial charge >= 0.3 is 0 Å². The van der Waals surface area contributed by atoms with Crippen molar-refractivity contribution >= 4 is 33.8 Å². The molecule has 3 rings (SSSR count). The largest absolute Gasteiger partial charge is 0.489 e. The predicted molar refractivity (Wildman–Crippen MR) is 53.8 cm³/mol. The average molecular weight is 220 g/mol. The Morgan fingerprint density at radius 1 is 0.867 bits per heavy atom. The monoisotopic (exact) mass is 220 g/mol. The van der Waals surface area contributed by atoms with E-state index in [4.69, 9.17) is 0 Å². The van der Waals surface area contributed by atoms with Gasteiger partial charge in [-0.15, -0.1) is 0 Å². The van der Waals surface area contributed by atoms with Gasteiger partial charge in [-0.05, 0) is 12.1 Å². The lowest BCUT2D eigenvalue weighted by atomic mass is 10.2. The normalized spacial score (nSPS) is 11.2. The van der Waals surface area contributed by atoms with E-state index in [1.165, 1.54) is 0 Å². The molecule has 2 aromatic heterocycles. The molecule has 15 heavy (non-hydrogen) atoms. The molecule has 0 atom stereocenters. The number of hydrogen-bond acceptors (Lipinski definition) is 7. The number of fused-ring (bicyclic) bond motifs is 3. The molecule has 7 heteroatoms. The third kappa shape index (κ3) is 1.10. The Kier molecular flexibility index (Phi) is 1.51. The number of rotatable bonds is 0. The number of aromatic hydroxyl groups is 2.